The third-order valence-electron chi connectivity index (χ3n) is 3.76. The fourth-order valence-electron chi connectivity index (χ4n) is 2.40. The van der Waals surface area contributed by atoms with Gasteiger partial charge < -0.3 is 14.5 Å². The molecule has 1 aromatic heterocycles. The summed E-state index contributed by atoms with van der Waals surface area (Å²) in [6.45, 7) is 0. The highest BCUT2D eigenvalue weighted by Gasteiger charge is 2.14. The van der Waals surface area contributed by atoms with Gasteiger partial charge in [-0.05, 0) is 42.0 Å². The Hall–Kier alpha value is -3.05. The van der Waals surface area contributed by atoms with Gasteiger partial charge in [0.15, 0.2) is 5.76 Å². The minimum Gasteiger partial charge on any atom is -0.469 e. The predicted octanol–water partition coefficient (Wildman–Crippen LogP) is 4.57. The van der Waals surface area contributed by atoms with Crippen molar-refractivity contribution in [3.63, 3.8) is 0 Å². The topological polar surface area (TPSA) is 68.5 Å². The quantitative estimate of drug-likeness (QED) is 0.669. The molecule has 0 saturated carbocycles. The Labute approximate surface area is 155 Å². The lowest BCUT2D eigenvalue weighted by molar-refractivity contribution is -0.139. The summed E-state index contributed by atoms with van der Waals surface area (Å²) in [7, 11) is 1.34. The molecule has 132 valence electrons. The predicted molar refractivity (Wildman–Crippen MR) is 99.3 cm³/mol. The number of nitrogens with one attached hydrogen (secondary N) is 1. The first-order valence-corrected chi connectivity index (χ1v) is 8.26. The zero-order chi connectivity index (χ0) is 18.5. The minimum atomic E-state index is -0.371. The van der Waals surface area contributed by atoms with E-state index in [0.717, 1.165) is 11.1 Å². The van der Waals surface area contributed by atoms with Crippen molar-refractivity contribution >= 4 is 29.2 Å². The average molecular weight is 370 g/mol. The van der Waals surface area contributed by atoms with Crippen LogP contribution < -0.4 is 5.32 Å². The van der Waals surface area contributed by atoms with E-state index in [2.05, 4.69) is 10.1 Å². The van der Waals surface area contributed by atoms with Crippen molar-refractivity contribution in [3.05, 3.63) is 77.0 Å². The molecule has 0 unspecified atom stereocenters. The van der Waals surface area contributed by atoms with Gasteiger partial charge >= 0.3 is 5.97 Å². The summed E-state index contributed by atoms with van der Waals surface area (Å²) >= 11 is 6.15. The fourth-order valence-corrected chi connectivity index (χ4v) is 2.63. The molecule has 0 aliphatic heterocycles. The molecular weight excluding hydrogens is 354 g/mol. The van der Waals surface area contributed by atoms with Crippen LogP contribution in [0.2, 0.25) is 5.02 Å². The monoisotopic (exact) mass is 369 g/mol. The van der Waals surface area contributed by atoms with E-state index in [9.17, 15) is 9.59 Å². The van der Waals surface area contributed by atoms with Gasteiger partial charge in [-0.25, -0.2) is 0 Å². The van der Waals surface area contributed by atoms with Crippen molar-refractivity contribution in [3.8, 4) is 11.3 Å². The Balaban J connectivity index is 1.69. The van der Waals surface area contributed by atoms with Crippen molar-refractivity contribution in [2.45, 2.75) is 6.42 Å². The van der Waals surface area contributed by atoms with E-state index in [-0.39, 0.29) is 24.1 Å². The third kappa shape index (κ3) is 4.13. The molecular formula is C20H16ClNO4. The van der Waals surface area contributed by atoms with Crippen molar-refractivity contribution in [1.82, 2.24) is 0 Å². The number of hydrogen-bond acceptors (Lipinski definition) is 4. The molecule has 5 nitrogen and oxygen atoms in total. The van der Waals surface area contributed by atoms with Crippen LogP contribution in [-0.4, -0.2) is 19.0 Å². The highest BCUT2D eigenvalue weighted by atomic mass is 35.5. The minimum absolute atomic E-state index is 0.179. The van der Waals surface area contributed by atoms with E-state index in [1.165, 1.54) is 7.11 Å². The van der Waals surface area contributed by atoms with Gasteiger partial charge in [0.25, 0.3) is 5.91 Å². The smallest absolute Gasteiger partial charge is 0.309 e. The molecule has 0 radical (unpaired) electrons. The number of esters is 1. The molecule has 26 heavy (non-hydrogen) atoms. The number of furan rings is 1. The van der Waals surface area contributed by atoms with Gasteiger partial charge in [0.2, 0.25) is 0 Å². The molecule has 1 N–H and O–H groups in total. The maximum atomic E-state index is 12.3. The van der Waals surface area contributed by atoms with Crippen molar-refractivity contribution in [2.24, 2.45) is 0 Å². The lowest BCUT2D eigenvalue weighted by Crippen LogP contribution is -2.11. The molecule has 0 spiro atoms. The Morgan fingerprint density at radius 1 is 1.04 bits per heavy atom. The van der Waals surface area contributed by atoms with Crippen molar-refractivity contribution in [1.29, 1.82) is 0 Å². The molecule has 0 saturated heterocycles. The lowest BCUT2D eigenvalue weighted by atomic mass is 10.1. The number of methoxy groups -OCH3 is 1. The van der Waals surface area contributed by atoms with Crippen LogP contribution >= 0.6 is 11.6 Å². The SMILES string of the molecule is COC(=O)Cc1ccc(NC(=O)c2ccc(-c3ccccc3Cl)o2)cc1. The summed E-state index contributed by atoms with van der Waals surface area (Å²) in [6, 6.07) is 17.5. The van der Waals surface area contributed by atoms with Crippen LogP contribution in [-0.2, 0) is 16.0 Å². The van der Waals surface area contributed by atoms with E-state index in [0.29, 0.717) is 16.5 Å². The summed E-state index contributed by atoms with van der Waals surface area (Å²) in [5, 5.41) is 3.30. The molecule has 0 aliphatic carbocycles. The first kappa shape index (κ1) is 17.8. The normalized spacial score (nSPS) is 10.4. The van der Waals surface area contributed by atoms with Gasteiger partial charge in [-0.1, -0.05) is 35.9 Å². The van der Waals surface area contributed by atoms with E-state index in [1.807, 2.05) is 18.2 Å². The zero-order valence-electron chi connectivity index (χ0n) is 14.0. The van der Waals surface area contributed by atoms with Gasteiger partial charge in [-0.3, -0.25) is 9.59 Å². The van der Waals surface area contributed by atoms with Gasteiger partial charge in [0.1, 0.15) is 5.76 Å². The van der Waals surface area contributed by atoms with Crippen molar-refractivity contribution in [2.75, 3.05) is 12.4 Å². The maximum Gasteiger partial charge on any atom is 0.309 e. The number of hydrogen-bond donors (Lipinski definition) is 1. The number of rotatable bonds is 5. The van der Waals surface area contributed by atoms with Crippen LogP contribution in [0.3, 0.4) is 0 Å². The molecule has 0 fully saturated rings. The largest absolute Gasteiger partial charge is 0.469 e. The number of halogens is 1. The summed E-state index contributed by atoms with van der Waals surface area (Å²) < 4.78 is 10.2. The standard InChI is InChI=1S/C20H16ClNO4/c1-25-19(23)12-13-6-8-14(9-7-13)22-20(24)18-11-10-17(26-18)15-4-2-3-5-16(15)21/h2-11H,12H2,1H3,(H,22,24). The molecule has 0 bridgehead atoms. The summed E-state index contributed by atoms with van der Waals surface area (Å²) in [4.78, 5) is 23.6. The number of benzene rings is 2. The Morgan fingerprint density at radius 2 is 1.77 bits per heavy atom. The highest BCUT2D eigenvalue weighted by Crippen LogP contribution is 2.29. The van der Waals surface area contributed by atoms with Gasteiger partial charge in [-0.15, -0.1) is 0 Å². The molecule has 2 aromatic carbocycles. The second kappa shape index (κ2) is 7.89. The number of anilines is 1. The van der Waals surface area contributed by atoms with Gasteiger partial charge in [0, 0.05) is 11.3 Å². The van der Waals surface area contributed by atoms with Crippen LogP contribution in [0.15, 0.2) is 65.1 Å². The fraction of sp³-hybridized carbons (Fsp3) is 0.100. The summed E-state index contributed by atoms with van der Waals surface area (Å²) in [6.07, 6.45) is 0.185. The Morgan fingerprint density at radius 3 is 2.46 bits per heavy atom. The second-order valence-electron chi connectivity index (χ2n) is 5.55. The van der Waals surface area contributed by atoms with Crippen LogP contribution in [0.25, 0.3) is 11.3 Å². The molecule has 1 heterocycles. The van der Waals surface area contributed by atoms with Gasteiger partial charge in [-0.2, -0.15) is 0 Å². The zero-order valence-corrected chi connectivity index (χ0v) is 14.7. The second-order valence-corrected chi connectivity index (χ2v) is 5.95. The molecule has 1 amide bonds. The van der Waals surface area contributed by atoms with E-state index in [4.69, 9.17) is 16.0 Å². The van der Waals surface area contributed by atoms with Crippen LogP contribution in [0.1, 0.15) is 16.1 Å². The Bertz CT molecular complexity index is 931. The summed E-state index contributed by atoms with van der Waals surface area (Å²) in [5.74, 6) is 0.0150. The van der Waals surface area contributed by atoms with E-state index >= 15 is 0 Å². The number of carbonyl (C=O) groups is 2. The third-order valence-corrected chi connectivity index (χ3v) is 4.09. The number of amides is 1. The number of ether oxygens (including phenoxy) is 1. The van der Waals surface area contributed by atoms with Crippen LogP contribution in [0.4, 0.5) is 5.69 Å². The van der Waals surface area contributed by atoms with E-state index in [1.54, 1.807) is 42.5 Å². The summed E-state index contributed by atoms with van der Waals surface area (Å²) in [5.41, 5.74) is 2.12. The molecule has 3 rings (SSSR count). The lowest BCUT2D eigenvalue weighted by Gasteiger charge is -2.05. The first-order chi connectivity index (χ1) is 12.6. The van der Waals surface area contributed by atoms with Crippen LogP contribution in [0, 0.1) is 0 Å². The molecule has 6 heteroatoms. The molecule has 3 aromatic rings. The highest BCUT2D eigenvalue weighted by molar-refractivity contribution is 6.33. The number of carbonyl (C=O) groups excluding carboxylic acids is 2. The first-order valence-electron chi connectivity index (χ1n) is 7.88. The average Bonchev–Trinajstić information content (AvgIpc) is 3.13. The van der Waals surface area contributed by atoms with Crippen molar-refractivity contribution < 1.29 is 18.7 Å². The molecule has 0 aliphatic rings. The van der Waals surface area contributed by atoms with Crippen LogP contribution in [0.5, 0.6) is 0 Å². The molecule has 0 atom stereocenters. The Kier molecular flexibility index (Phi) is 5.39. The van der Waals surface area contributed by atoms with E-state index < -0.39 is 0 Å². The maximum absolute atomic E-state index is 12.3. The van der Waals surface area contributed by atoms with Gasteiger partial charge in [0.05, 0.1) is 18.6 Å².